The van der Waals surface area contributed by atoms with Crippen molar-refractivity contribution < 1.29 is 41.0 Å². The molecule has 1 aliphatic heterocycles. The topological polar surface area (TPSA) is 105 Å². The van der Waals surface area contributed by atoms with E-state index in [0.29, 0.717) is 5.75 Å². The number of methoxy groups -OCH3 is 2. The molecule has 4 atom stereocenters. The molecule has 6 rings (SSSR count). The zero-order chi connectivity index (χ0) is 38.7. The van der Waals surface area contributed by atoms with Gasteiger partial charge in [-0.2, -0.15) is 8.42 Å². The van der Waals surface area contributed by atoms with E-state index in [1.54, 1.807) is 25.1 Å². The van der Waals surface area contributed by atoms with Gasteiger partial charge in [0.05, 0.1) is 46.5 Å². The Morgan fingerprint density at radius 2 is 1.13 bits per heavy atom. The summed E-state index contributed by atoms with van der Waals surface area (Å²) >= 11 is 0. The summed E-state index contributed by atoms with van der Waals surface area (Å²) in [5.41, 5.74) is 3.12. The van der Waals surface area contributed by atoms with E-state index in [2.05, 4.69) is 5.10 Å². The second kappa shape index (κ2) is 18.4. The number of benzene rings is 5. The van der Waals surface area contributed by atoms with Crippen molar-refractivity contribution in [2.45, 2.75) is 37.1 Å². The van der Waals surface area contributed by atoms with Crippen LogP contribution in [-0.4, -0.2) is 78.0 Å². The predicted octanol–water partition coefficient (Wildman–Crippen LogP) is 6.86. The Hall–Kier alpha value is -5.17. The van der Waals surface area contributed by atoms with Crippen molar-refractivity contribution in [1.29, 1.82) is 0 Å². The van der Waals surface area contributed by atoms with Gasteiger partial charge in [-0.15, -0.1) is 0 Å². The van der Waals surface area contributed by atoms with E-state index in [4.69, 9.17) is 27.9 Å². The molecule has 0 spiro atoms. The molecule has 1 unspecified atom stereocenters. The van der Waals surface area contributed by atoms with Crippen LogP contribution >= 0.6 is 0 Å². The lowest BCUT2D eigenvalue weighted by Gasteiger charge is -2.39. The Morgan fingerprint density at radius 1 is 0.673 bits per heavy atom. The monoisotopic (exact) mass is 763 g/mol. The lowest BCUT2D eigenvalue weighted by atomic mass is 9.80. The fourth-order valence-electron chi connectivity index (χ4n) is 6.72. The molecule has 5 aromatic rings. The van der Waals surface area contributed by atoms with Crippen LogP contribution in [0, 0.1) is 5.92 Å². The van der Waals surface area contributed by atoms with E-state index in [-0.39, 0.29) is 19.8 Å². The quantitative estimate of drug-likeness (QED) is 0.0511. The summed E-state index contributed by atoms with van der Waals surface area (Å²) in [7, 11) is 0.983. The number of hydrazone groups is 1. The predicted molar refractivity (Wildman–Crippen MR) is 212 cm³/mol. The van der Waals surface area contributed by atoms with Gasteiger partial charge < -0.3 is 23.7 Å². The van der Waals surface area contributed by atoms with Gasteiger partial charge in [0.25, 0.3) is 10.1 Å². The smallest absolute Gasteiger partial charge is 0.264 e. The summed E-state index contributed by atoms with van der Waals surface area (Å²) < 4.78 is 65.6. The first-order chi connectivity index (χ1) is 26.7. The molecule has 55 heavy (non-hydrogen) atoms. The fraction of sp³-hybridized carbons (Fsp3) is 0.273. The molecule has 0 radical (unpaired) electrons. The van der Waals surface area contributed by atoms with Crippen molar-refractivity contribution in [3.05, 3.63) is 167 Å². The fourth-order valence-corrected chi connectivity index (χ4v) is 7.34. The molecule has 10 nitrogen and oxygen atoms in total. The highest BCUT2D eigenvalue weighted by Gasteiger charge is 2.44. The van der Waals surface area contributed by atoms with Crippen molar-refractivity contribution >= 4 is 22.5 Å². The van der Waals surface area contributed by atoms with Crippen LogP contribution in [0.5, 0.6) is 11.5 Å². The van der Waals surface area contributed by atoms with Gasteiger partial charge in [-0.05, 0) is 57.2 Å². The van der Waals surface area contributed by atoms with Crippen LogP contribution in [0.3, 0.4) is 0 Å². The average molecular weight is 764 g/mol. The normalized spacial score (nSPS) is 15.9. The van der Waals surface area contributed by atoms with Crippen LogP contribution in [0.4, 0.5) is 0 Å². The maximum atomic E-state index is 13.2. The van der Waals surface area contributed by atoms with Crippen LogP contribution in [0.25, 0.3) is 0 Å². The minimum absolute atomic E-state index is 0.113. The van der Waals surface area contributed by atoms with Gasteiger partial charge in [0.1, 0.15) is 41.3 Å². The highest BCUT2D eigenvalue weighted by molar-refractivity contribution is 7.86. The van der Waals surface area contributed by atoms with E-state index >= 15 is 0 Å². The van der Waals surface area contributed by atoms with Crippen LogP contribution in [0.15, 0.2) is 145 Å². The number of nitrogens with zero attached hydrogens (tertiary/aromatic N) is 2. The highest BCUT2D eigenvalue weighted by atomic mass is 32.2. The maximum absolute atomic E-state index is 13.2. The second-order valence-corrected chi connectivity index (χ2v) is 14.8. The number of hydrogen-bond acceptors (Lipinski definition) is 9. The zero-order valence-electron chi connectivity index (χ0n) is 31.4. The Balaban J connectivity index is 1.45. The Kier molecular flexibility index (Phi) is 13.3. The second-order valence-electron chi connectivity index (χ2n) is 13.2. The van der Waals surface area contributed by atoms with Crippen molar-refractivity contribution in [1.82, 2.24) is 0 Å². The zero-order valence-corrected chi connectivity index (χ0v) is 32.2. The molecule has 0 fully saturated rings. The third-order valence-corrected chi connectivity index (χ3v) is 9.98. The van der Waals surface area contributed by atoms with E-state index in [0.717, 1.165) is 39.8 Å². The number of ether oxygens (including phenoxy) is 5. The molecular formula is C44H47N2O8S+. The molecule has 1 aliphatic rings. The van der Waals surface area contributed by atoms with Crippen molar-refractivity contribution in [3.63, 3.8) is 0 Å². The third kappa shape index (κ3) is 10.1. The van der Waals surface area contributed by atoms with Gasteiger partial charge in [0.15, 0.2) is 13.3 Å². The Labute approximate surface area is 323 Å². The molecule has 11 heteroatoms. The first-order valence-corrected chi connectivity index (χ1v) is 19.8. The molecule has 0 amide bonds. The molecule has 0 bridgehead atoms. The summed E-state index contributed by atoms with van der Waals surface area (Å²) in [4.78, 5) is 0. The molecule has 0 saturated carbocycles. The minimum Gasteiger partial charge on any atom is -0.497 e. The van der Waals surface area contributed by atoms with E-state index < -0.39 is 39.9 Å². The summed E-state index contributed by atoms with van der Waals surface area (Å²) in [6.45, 7) is 0.0933. The molecule has 5 aromatic carbocycles. The van der Waals surface area contributed by atoms with Crippen LogP contribution < -0.4 is 9.47 Å². The maximum Gasteiger partial charge on any atom is 0.264 e. The molecule has 1 heterocycles. The summed E-state index contributed by atoms with van der Waals surface area (Å²) in [5, 5.41) is 4.47. The lowest BCUT2D eigenvalue weighted by Crippen LogP contribution is -2.50. The molecular weight excluding hydrogens is 717 g/mol. The van der Waals surface area contributed by atoms with Crippen molar-refractivity contribution in [3.8, 4) is 11.5 Å². The third-order valence-electron chi connectivity index (χ3n) is 9.38. The minimum atomic E-state index is -4.06. The number of rotatable bonds is 19. The molecule has 0 aromatic heterocycles. The van der Waals surface area contributed by atoms with E-state index in [1.807, 2.05) is 153 Å². The summed E-state index contributed by atoms with van der Waals surface area (Å²) in [5.74, 6) is 1.01. The largest absolute Gasteiger partial charge is 0.497 e. The molecule has 0 N–H and O–H groups in total. The SMILES string of the molecule is COc1ccc(CO[C@@H]([C@H](OCc2ccc(OC)cc2)C2C=N[N+](C)=C2)[C@@H](COC(c2ccccc2)(c2ccccc2)c2ccccc2)OS(C)(=O)=O)cc1. The van der Waals surface area contributed by atoms with E-state index in [9.17, 15) is 8.42 Å². The highest BCUT2D eigenvalue weighted by Crippen LogP contribution is 2.41. The van der Waals surface area contributed by atoms with Crippen LogP contribution in [0.1, 0.15) is 27.8 Å². The van der Waals surface area contributed by atoms with Gasteiger partial charge >= 0.3 is 0 Å². The van der Waals surface area contributed by atoms with Crippen molar-refractivity contribution in [2.24, 2.45) is 11.0 Å². The summed E-state index contributed by atoms with van der Waals surface area (Å²) in [6, 6.07) is 44.7. The lowest BCUT2D eigenvalue weighted by molar-refractivity contribution is -0.495. The molecule has 286 valence electrons. The molecule has 0 aliphatic carbocycles. The molecule has 0 saturated heterocycles. The van der Waals surface area contributed by atoms with Crippen LogP contribution in [0.2, 0.25) is 0 Å². The van der Waals surface area contributed by atoms with Gasteiger partial charge in [0, 0.05) is 0 Å². The van der Waals surface area contributed by atoms with Gasteiger partial charge in [-0.3, -0.25) is 4.18 Å². The Morgan fingerprint density at radius 3 is 1.53 bits per heavy atom. The first kappa shape index (κ1) is 39.5. The van der Waals surface area contributed by atoms with Crippen LogP contribution in [-0.2, 0) is 47.3 Å². The van der Waals surface area contributed by atoms with Crippen molar-refractivity contribution in [2.75, 3.05) is 34.1 Å². The standard InChI is InChI=1S/C44H47N2O8S/c1-46-29-35(28-45-46)42(51-30-33-20-24-39(49-2)25-21-33)43(52-31-34-22-26-40(50-3)27-23-34)41(54-55(4,47)48)32-53-44(36-14-8-5-9-15-36,37-16-10-6-11-17-37)38-18-12-7-13-19-38/h5-29,35,41-43H,30-32H2,1-4H3/q+1/t35?,41-,42-,43-/m1/s1. The van der Waals surface area contributed by atoms with E-state index in [1.165, 1.54) is 0 Å². The first-order valence-electron chi connectivity index (χ1n) is 18.0. The average Bonchev–Trinajstić information content (AvgIpc) is 3.65. The van der Waals surface area contributed by atoms with Gasteiger partial charge in [0.2, 0.25) is 0 Å². The Bertz CT molecular complexity index is 2020. The van der Waals surface area contributed by atoms with Gasteiger partial charge in [-0.1, -0.05) is 120 Å². The van der Waals surface area contributed by atoms with Gasteiger partial charge in [-0.25, -0.2) is 0 Å². The summed E-state index contributed by atoms with van der Waals surface area (Å²) in [6.07, 6.45) is 1.76. The number of hydrogen-bond donors (Lipinski definition) is 0.